The molecule has 25 nitrogen and oxygen atoms in total. The van der Waals surface area contributed by atoms with Crippen molar-refractivity contribution in [3.63, 3.8) is 0 Å². The van der Waals surface area contributed by atoms with Gasteiger partial charge in [0.15, 0.2) is 29.4 Å². The number of aliphatic hydroxyl groups excluding tert-OH is 2. The number of hydrogen-bond acceptors (Lipinski definition) is 24. The third-order valence-corrected chi connectivity index (χ3v) is 16.7. The summed E-state index contributed by atoms with van der Waals surface area (Å²) >= 11 is 12.3. The molecule has 0 saturated carbocycles. The van der Waals surface area contributed by atoms with E-state index in [-0.39, 0.29) is 77.9 Å². The van der Waals surface area contributed by atoms with Crippen LogP contribution < -0.4 is 9.47 Å². The van der Waals surface area contributed by atoms with Gasteiger partial charge in [0.1, 0.15) is 54.2 Å². The van der Waals surface area contributed by atoms with E-state index in [1.54, 1.807) is 30.9 Å². The van der Waals surface area contributed by atoms with Gasteiger partial charge in [0, 0.05) is 73.0 Å². The number of aldehydes is 1. The number of allylic oxidation sites excluding steroid dienone is 7. The highest BCUT2D eigenvalue weighted by molar-refractivity contribution is 6.49. The Bertz CT molecular complexity index is 3580. The van der Waals surface area contributed by atoms with Crippen molar-refractivity contribution in [1.29, 1.82) is 0 Å². The number of aliphatic hydroxyl groups is 6. The molecule has 0 radical (unpaired) electrons. The van der Waals surface area contributed by atoms with Crippen LogP contribution in [0.1, 0.15) is 131 Å². The van der Waals surface area contributed by atoms with Crippen LogP contribution in [0.25, 0.3) is 0 Å². The predicted octanol–water partition coefficient (Wildman–Crippen LogP) is 6.49. The molecule has 0 amide bonds. The monoisotopic (exact) mass is 1350 g/mol. The van der Waals surface area contributed by atoms with Crippen LogP contribution in [0.5, 0.6) is 23.0 Å². The summed E-state index contributed by atoms with van der Waals surface area (Å²) in [4.78, 5) is 107. The summed E-state index contributed by atoms with van der Waals surface area (Å²) in [5, 5.41) is 89.4. The highest BCUT2D eigenvalue weighted by atomic mass is 35.5. The number of carboxylic acids is 1. The van der Waals surface area contributed by atoms with Gasteiger partial charge >= 0.3 is 29.7 Å². The molecule has 2 aromatic rings. The number of nitrogens with zero attached hydrogens (tertiary/aromatic N) is 1. The van der Waals surface area contributed by atoms with Crippen LogP contribution in [0.4, 0.5) is 0 Å². The van der Waals surface area contributed by atoms with Crippen molar-refractivity contribution in [2.24, 2.45) is 11.8 Å². The summed E-state index contributed by atoms with van der Waals surface area (Å²) in [5.41, 5.74) is -1.95. The molecule has 94 heavy (non-hydrogen) atoms. The number of hydrogen-bond donors (Lipinski definition) is 9. The number of benzene rings is 2. The zero-order chi connectivity index (χ0) is 71.3. The Morgan fingerprint density at radius 3 is 2.04 bits per heavy atom. The van der Waals surface area contributed by atoms with Crippen molar-refractivity contribution >= 4 is 76.5 Å². The van der Waals surface area contributed by atoms with Gasteiger partial charge < -0.3 is 79.3 Å². The van der Waals surface area contributed by atoms with E-state index in [1.165, 1.54) is 57.7 Å². The minimum absolute atomic E-state index is 0.0603. The Morgan fingerprint density at radius 2 is 1.49 bits per heavy atom. The number of Topliss-reactive ketones (excluding diaryl/α,β-unsaturated/α-hetero) is 4. The van der Waals surface area contributed by atoms with Crippen molar-refractivity contribution in [3.8, 4) is 23.0 Å². The number of carbonyl (C=O) groups is 9. The zero-order valence-electron chi connectivity index (χ0n) is 54.4. The fraction of sp³-hybridized carbons (Fsp3) is 0.448. The van der Waals surface area contributed by atoms with Crippen molar-refractivity contribution in [2.75, 3.05) is 34.0 Å². The molecule has 7 rings (SSSR count). The van der Waals surface area contributed by atoms with E-state index in [2.05, 4.69) is 24.7 Å². The van der Waals surface area contributed by atoms with Gasteiger partial charge in [-0.15, -0.1) is 0 Å². The van der Waals surface area contributed by atoms with Crippen LogP contribution in [-0.2, 0) is 65.5 Å². The molecule has 5 aliphatic rings. The van der Waals surface area contributed by atoms with Crippen LogP contribution in [0, 0.1) is 25.7 Å². The maximum Gasteiger partial charge on any atom is 0.341 e. The average molecular weight is 1360 g/mol. The molecule has 0 saturated heterocycles. The maximum absolute atomic E-state index is 12.9. The van der Waals surface area contributed by atoms with Gasteiger partial charge in [-0.2, -0.15) is 0 Å². The molecule has 2 aliphatic carbocycles. The highest BCUT2D eigenvalue weighted by Gasteiger charge is 2.62. The molecule has 3 heterocycles. The number of rotatable bonds is 21. The first-order valence-electron chi connectivity index (χ1n) is 29.5. The van der Waals surface area contributed by atoms with Gasteiger partial charge in [-0.05, 0) is 101 Å². The lowest BCUT2D eigenvalue weighted by molar-refractivity contribution is -0.205. The Hall–Kier alpha value is -8.27. The van der Waals surface area contributed by atoms with Crippen LogP contribution in [0.2, 0.25) is 0 Å². The molecule has 2 aromatic carbocycles. The number of phenolic OH excluding ortho intramolecular Hbond substituents is 2. The largest absolute Gasteiger partial charge is 0.507 e. The number of halogens is 2. The molecular formula is C67H81Cl2NO24. The van der Waals surface area contributed by atoms with Gasteiger partial charge in [-0.1, -0.05) is 81.5 Å². The number of fused-ring (bicyclic) bond motifs is 3. The average Bonchev–Trinajstić information content (AvgIpc) is 0.792. The van der Waals surface area contributed by atoms with Gasteiger partial charge in [0.05, 0.1) is 47.1 Å². The van der Waals surface area contributed by atoms with Crippen molar-refractivity contribution in [2.45, 2.75) is 150 Å². The summed E-state index contributed by atoms with van der Waals surface area (Å²) in [6.07, 6.45) is 12.2. The number of ether oxygens (including phenoxy) is 6. The lowest BCUT2D eigenvalue weighted by Gasteiger charge is -2.47. The molecule has 8 atom stereocenters. The van der Waals surface area contributed by atoms with E-state index in [9.17, 15) is 78.9 Å². The molecule has 0 spiro atoms. The summed E-state index contributed by atoms with van der Waals surface area (Å²) < 4.78 is 30.1. The van der Waals surface area contributed by atoms with E-state index >= 15 is 0 Å². The lowest BCUT2D eigenvalue weighted by atomic mass is 9.71. The first-order valence-corrected chi connectivity index (χ1v) is 30.3. The second-order valence-corrected chi connectivity index (χ2v) is 23.9. The number of aromatic hydroxyl groups is 2. The summed E-state index contributed by atoms with van der Waals surface area (Å²) in [5.74, 6) is -8.73. The summed E-state index contributed by atoms with van der Waals surface area (Å²) in [6, 6.07) is 3.12. The van der Waals surface area contributed by atoms with E-state index in [0.29, 0.717) is 63.6 Å². The molecule has 3 aliphatic heterocycles. The number of carbonyl (C=O) groups excluding carboxylic acids is 8. The fourth-order valence-corrected chi connectivity index (χ4v) is 10.8. The Balaban J connectivity index is 0.000000281. The minimum Gasteiger partial charge on any atom is -0.507 e. The molecule has 0 fully saturated rings. The van der Waals surface area contributed by atoms with Crippen molar-refractivity contribution in [3.05, 3.63) is 138 Å². The van der Waals surface area contributed by atoms with E-state index in [0.717, 1.165) is 32.8 Å². The number of aliphatic carboxylic acids is 1. The highest BCUT2D eigenvalue weighted by Crippen LogP contribution is 2.45. The third-order valence-electron chi connectivity index (χ3n) is 15.9. The number of phenols is 2. The van der Waals surface area contributed by atoms with E-state index in [4.69, 9.17) is 57.1 Å². The molecule has 512 valence electrons. The topological polar surface area (TPSA) is 394 Å². The Kier molecular flexibility index (Phi) is 27.2. The van der Waals surface area contributed by atoms with Crippen LogP contribution in [0.3, 0.4) is 0 Å². The molecule has 9 N–H and O–H groups in total. The van der Waals surface area contributed by atoms with Gasteiger partial charge in [0.2, 0.25) is 11.6 Å². The fourth-order valence-electron chi connectivity index (χ4n) is 10.1. The van der Waals surface area contributed by atoms with Gasteiger partial charge in [-0.25, -0.2) is 4.79 Å². The first kappa shape index (κ1) is 78.2. The zero-order valence-corrected chi connectivity index (χ0v) is 55.9. The predicted molar refractivity (Wildman–Crippen MR) is 339 cm³/mol. The minimum atomic E-state index is -3.04. The van der Waals surface area contributed by atoms with Crippen molar-refractivity contribution < 1.29 is 118 Å². The van der Waals surface area contributed by atoms with Crippen molar-refractivity contribution in [1.82, 2.24) is 4.90 Å². The Morgan fingerprint density at radius 1 is 0.872 bits per heavy atom. The summed E-state index contributed by atoms with van der Waals surface area (Å²) in [7, 11) is 2.93. The molecule has 6 unspecified atom stereocenters. The lowest BCUT2D eigenvalue weighted by Crippen LogP contribution is -2.66. The SMILES string of the molecule is CCC(C)C(O)C(C)(O)/C=C/C1=CC2=C(Cl)C(=O)C(C)(O)C(OC(C)=O)C2(O)CO1.CC[C@H](C)/C=C(C)/C=C/C1=CC2=C(Cl)C(=O)[C@](O)(OC(C)=O)C(=O)C2=CN1CCCC(=O)O.COc1cc(CC(=O)CO)c(C=O)c(O)c1C.COc1cc2c(c(O)c1C)COC2=O. The van der Waals surface area contributed by atoms with E-state index in [1.807, 2.05) is 26.8 Å². The molecule has 27 heteroatoms. The number of carboxylic acid groups (broad SMARTS) is 1. The van der Waals surface area contributed by atoms with Crippen LogP contribution in [-0.4, -0.2) is 173 Å². The second kappa shape index (κ2) is 32.7. The maximum atomic E-state index is 12.9. The number of ketones is 4. The first-order chi connectivity index (χ1) is 43.8. The normalized spacial score (nSPS) is 22.3. The smallest absolute Gasteiger partial charge is 0.341 e. The van der Waals surface area contributed by atoms with Gasteiger partial charge in [0.25, 0.3) is 5.78 Å². The molecule has 0 bridgehead atoms. The van der Waals surface area contributed by atoms with Crippen LogP contribution in [0.15, 0.2) is 105 Å². The number of cyclic esters (lactones) is 1. The number of esters is 3. The summed E-state index contributed by atoms with van der Waals surface area (Å²) in [6.45, 7) is 17.1. The van der Waals surface area contributed by atoms with E-state index < -0.39 is 105 Å². The quantitative estimate of drug-likeness (QED) is 0.0161. The van der Waals surface area contributed by atoms with Gasteiger partial charge in [-0.3, -0.25) is 38.4 Å². The van der Waals surface area contributed by atoms with Crippen LogP contribution >= 0.6 is 23.2 Å². The number of methoxy groups -OCH3 is 2. The standard InChI is InChI=1S/C24H28ClNO7.C21H29ClO8.C12H14O5.C10H10O4/c1-5-14(2)11-15(3)8-9-17-12-18-19(13-26(17)10-6-7-20(28)29)22(30)24(32,33-16(4)27)23(31)21(18)25;1-6-11(2)16(24)19(4,26)8-7-13-9-14-15(22)17(25)20(5,27)18(30-12(3)23)21(14,28)10-29-13;1-7-11(17-2)4-8(3-9(15)5-13)10(6-14)12(7)16;1-5-8(13-2)3-6-7(9(5)11)4-14-10(6)12/h8-9,11-14,32H,5-7,10H2,1-4H3,(H,28,29);7-9,11,16,18,24,26-28H,6,10H2,1-5H3;4,6,13,16H,3,5H2,1-2H3;3,11H,4H2,1-2H3/b9-8+,15-11+;8-7+;;/t14-,24+;;;/m0.../s1. The molecular weight excluding hydrogens is 1270 g/mol. The second-order valence-electron chi connectivity index (χ2n) is 23.2. The third kappa shape index (κ3) is 17.9. The molecule has 0 aromatic heterocycles. The Labute approximate surface area is 553 Å².